The number of aryl methyl sites for hydroxylation is 1. The molecule has 2 bridgehead atoms. The normalized spacial score (nSPS) is 20.4. The molecule has 0 amide bonds. The first kappa shape index (κ1) is 32.6. The lowest BCUT2D eigenvalue weighted by Gasteiger charge is -2.40. The highest BCUT2D eigenvalue weighted by Crippen LogP contribution is 2.41. The Kier molecular flexibility index (Phi) is 10.2. The fraction of sp³-hybridized carbons (Fsp3) is 0.500. The van der Waals surface area contributed by atoms with Crippen LogP contribution in [-0.4, -0.2) is 67.2 Å². The zero-order valence-corrected chi connectivity index (χ0v) is 27.4. The average Bonchev–Trinajstić information content (AvgIpc) is 3.47. The van der Waals surface area contributed by atoms with Gasteiger partial charge in [0.05, 0.1) is 44.6 Å². The smallest absolute Gasteiger partial charge is 0.419 e. The predicted octanol–water partition coefficient (Wildman–Crippen LogP) is 7.37. The van der Waals surface area contributed by atoms with E-state index in [-0.39, 0.29) is 12.1 Å². The molecule has 0 saturated carbocycles. The van der Waals surface area contributed by atoms with Gasteiger partial charge in [0.25, 0.3) is 0 Å². The largest absolute Gasteiger partial charge is 0.496 e. The number of rotatable bonds is 4. The predicted molar refractivity (Wildman–Crippen MR) is 173 cm³/mol. The lowest BCUT2D eigenvalue weighted by Crippen LogP contribution is -2.39. The van der Waals surface area contributed by atoms with Crippen molar-refractivity contribution >= 4 is 23.0 Å². The number of esters is 1. The number of carbonyl (C=O) groups is 2. The summed E-state index contributed by atoms with van der Waals surface area (Å²) >= 11 is 0. The summed E-state index contributed by atoms with van der Waals surface area (Å²) in [6.07, 6.45) is 10.3. The molecule has 5 rings (SSSR count). The summed E-state index contributed by atoms with van der Waals surface area (Å²) in [5.74, 6) is 1.07. The maximum absolute atomic E-state index is 13.2. The number of hydrogen-bond acceptors (Lipinski definition) is 8. The molecule has 2 aliphatic heterocycles. The SMILES string of the molecule is COC(=O)c1ccc2c(c1)OCCCC/C=C\CO[C@H]1CCN(Cc3c(OC)cc(C)c4c3ccn4C(=O)OC(C)(C)C)[C@H]2C1. The molecular formula is C36H46N2O7. The standard InChI is InChI=1S/C36H46N2O7/c1-24-20-31(41-5)29(27-15-17-38(33(24)27)35(40)45-36(2,3)4)23-37-16-14-26-22-30(37)28-13-12-25(34(39)42-6)21-32(28)44-19-11-9-7-8-10-18-43-26/h8,10,12-13,15,17,20-21,26,30H,7,9,11,14,16,18-19,22-23H2,1-6H3/b10-8-/t26-,30-/m0/s1. The van der Waals surface area contributed by atoms with Crippen molar-refractivity contribution in [1.82, 2.24) is 9.47 Å². The molecule has 242 valence electrons. The number of ether oxygens (including phenoxy) is 5. The summed E-state index contributed by atoms with van der Waals surface area (Å²) in [7, 11) is 3.07. The van der Waals surface area contributed by atoms with Gasteiger partial charge in [-0.1, -0.05) is 18.2 Å². The fourth-order valence-corrected chi connectivity index (χ4v) is 6.32. The Bertz CT molecular complexity index is 1550. The first-order valence-electron chi connectivity index (χ1n) is 15.9. The van der Waals surface area contributed by atoms with Gasteiger partial charge in [0.2, 0.25) is 0 Å². The summed E-state index contributed by atoms with van der Waals surface area (Å²) in [6, 6.07) is 9.53. The van der Waals surface area contributed by atoms with E-state index in [1.807, 2.05) is 52.0 Å². The van der Waals surface area contributed by atoms with Crippen LogP contribution in [0.3, 0.4) is 0 Å². The highest BCUT2D eigenvalue weighted by atomic mass is 16.6. The maximum atomic E-state index is 13.2. The van der Waals surface area contributed by atoms with Gasteiger partial charge in [-0.25, -0.2) is 9.59 Å². The first-order chi connectivity index (χ1) is 21.6. The Morgan fingerprint density at radius 1 is 1.07 bits per heavy atom. The van der Waals surface area contributed by atoms with Crippen LogP contribution in [0.15, 0.2) is 48.7 Å². The van der Waals surface area contributed by atoms with E-state index in [4.69, 9.17) is 23.7 Å². The van der Waals surface area contributed by atoms with Gasteiger partial charge in [0.1, 0.15) is 17.1 Å². The molecule has 9 heteroatoms. The molecule has 3 aromatic rings. The van der Waals surface area contributed by atoms with Gasteiger partial charge >= 0.3 is 12.1 Å². The van der Waals surface area contributed by atoms with Gasteiger partial charge < -0.3 is 23.7 Å². The van der Waals surface area contributed by atoms with Crippen molar-refractivity contribution in [2.75, 3.05) is 34.0 Å². The molecule has 2 atom stereocenters. The summed E-state index contributed by atoms with van der Waals surface area (Å²) < 4.78 is 31.0. The van der Waals surface area contributed by atoms with Crippen LogP contribution in [-0.2, 0) is 20.8 Å². The van der Waals surface area contributed by atoms with E-state index in [0.29, 0.717) is 31.1 Å². The highest BCUT2D eigenvalue weighted by Gasteiger charge is 2.34. The molecule has 3 heterocycles. The van der Waals surface area contributed by atoms with Crippen LogP contribution in [0.2, 0.25) is 0 Å². The number of carbonyl (C=O) groups excluding carboxylic acids is 2. The Morgan fingerprint density at radius 3 is 2.64 bits per heavy atom. The average molecular weight is 619 g/mol. The first-order valence-corrected chi connectivity index (χ1v) is 15.9. The third-order valence-electron chi connectivity index (χ3n) is 8.48. The van der Waals surface area contributed by atoms with Gasteiger partial charge in [-0.05, 0) is 89.6 Å². The van der Waals surface area contributed by atoms with Crippen molar-refractivity contribution in [3.05, 3.63) is 70.9 Å². The van der Waals surface area contributed by atoms with Crippen LogP contribution in [0.25, 0.3) is 10.9 Å². The van der Waals surface area contributed by atoms with Crippen LogP contribution in [0.4, 0.5) is 4.79 Å². The molecular weight excluding hydrogens is 572 g/mol. The van der Waals surface area contributed by atoms with Crippen LogP contribution < -0.4 is 9.47 Å². The van der Waals surface area contributed by atoms with Gasteiger partial charge in [0.15, 0.2) is 0 Å². The second kappa shape index (κ2) is 14.1. The van der Waals surface area contributed by atoms with Crippen molar-refractivity contribution in [2.45, 2.75) is 84.1 Å². The number of piperidine rings is 1. The second-order valence-corrected chi connectivity index (χ2v) is 12.8. The van der Waals surface area contributed by atoms with E-state index in [1.165, 1.54) is 7.11 Å². The molecule has 0 N–H and O–H groups in total. The van der Waals surface area contributed by atoms with Crippen LogP contribution in [0.5, 0.6) is 11.5 Å². The summed E-state index contributed by atoms with van der Waals surface area (Å²) in [5.41, 5.74) is 3.58. The molecule has 2 aliphatic rings. The van der Waals surface area contributed by atoms with Crippen molar-refractivity contribution in [2.24, 2.45) is 0 Å². The number of fused-ring (bicyclic) bond motifs is 5. The minimum Gasteiger partial charge on any atom is -0.496 e. The molecule has 2 aromatic carbocycles. The Labute approximate surface area is 266 Å². The van der Waals surface area contributed by atoms with E-state index >= 15 is 0 Å². The zero-order chi connectivity index (χ0) is 32.1. The van der Waals surface area contributed by atoms with E-state index in [0.717, 1.165) is 72.0 Å². The van der Waals surface area contributed by atoms with Crippen molar-refractivity contribution in [3.63, 3.8) is 0 Å². The summed E-state index contributed by atoms with van der Waals surface area (Å²) in [4.78, 5) is 28.1. The van der Waals surface area contributed by atoms with E-state index in [9.17, 15) is 9.59 Å². The Hall–Kier alpha value is -3.82. The zero-order valence-electron chi connectivity index (χ0n) is 27.4. The van der Waals surface area contributed by atoms with Gasteiger partial charge in [-0.2, -0.15) is 0 Å². The molecule has 1 saturated heterocycles. The van der Waals surface area contributed by atoms with Crippen LogP contribution in [0.1, 0.15) is 86.0 Å². The number of hydrogen-bond donors (Lipinski definition) is 0. The van der Waals surface area contributed by atoms with Crippen molar-refractivity contribution < 1.29 is 33.3 Å². The van der Waals surface area contributed by atoms with Gasteiger partial charge in [-0.3, -0.25) is 9.47 Å². The molecule has 0 aliphatic carbocycles. The summed E-state index contributed by atoms with van der Waals surface area (Å²) in [6.45, 7) is 10.1. The molecule has 0 unspecified atom stereocenters. The monoisotopic (exact) mass is 618 g/mol. The number of nitrogens with zero attached hydrogens (tertiary/aromatic N) is 2. The number of aromatic nitrogens is 1. The number of likely N-dealkylation sites (tertiary alicyclic amines) is 1. The third kappa shape index (κ3) is 7.53. The molecule has 1 fully saturated rings. The van der Waals surface area contributed by atoms with Crippen molar-refractivity contribution in [1.29, 1.82) is 0 Å². The summed E-state index contributed by atoms with van der Waals surface area (Å²) in [5, 5.41) is 0.944. The topological polar surface area (TPSA) is 88.5 Å². The molecule has 45 heavy (non-hydrogen) atoms. The molecule has 0 spiro atoms. The molecule has 1 aromatic heterocycles. The van der Waals surface area contributed by atoms with E-state index in [2.05, 4.69) is 17.1 Å². The number of methoxy groups -OCH3 is 2. The highest BCUT2D eigenvalue weighted by molar-refractivity contribution is 5.95. The fourth-order valence-electron chi connectivity index (χ4n) is 6.32. The maximum Gasteiger partial charge on any atom is 0.419 e. The van der Waals surface area contributed by atoms with Gasteiger partial charge in [0, 0.05) is 41.8 Å². The molecule has 9 nitrogen and oxygen atoms in total. The van der Waals surface area contributed by atoms with Crippen LogP contribution >= 0.6 is 0 Å². The Balaban J connectivity index is 1.56. The van der Waals surface area contributed by atoms with Crippen molar-refractivity contribution in [3.8, 4) is 11.5 Å². The van der Waals surface area contributed by atoms with Gasteiger partial charge in [-0.15, -0.1) is 0 Å². The minimum absolute atomic E-state index is 0.0497. The van der Waals surface area contributed by atoms with E-state index < -0.39 is 17.7 Å². The minimum atomic E-state index is -0.617. The van der Waals surface area contributed by atoms with E-state index in [1.54, 1.807) is 23.9 Å². The quantitative estimate of drug-likeness (QED) is 0.221. The molecule has 0 radical (unpaired) electrons. The Morgan fingerprint density at radius 2 is 1.89 bits per heavy atom. The van der Waals surface area contributed by atoms with Crippen LogP contribution in [0, 0.1) is 6.92 Å². The lowest BCUT2D eigenvalue weighted by atomic mass is 9.90. The second-order valence-electron chi connectivity index (χ2n) is 12.8. The number of allylic oxidation sites excluding steroid dienone is 1. The third-order valence-corrected chi connectivity index (χ3v) is 8.48. The number of benzene rings is 2. The lowest BCUT2D eigenvalue weighted by molar-refractivity contribution is -0.00850.